The molecule has 1 spiro atoms. The maximum absolute atomic E-state index is 12.5. The Hall–Kier alpha value is -2.97. The SMILES string of the molecule is CCCC(c1coc2c(C=O)c(OC/C=C/c3ccccc3)c(CC(C)C)cc12)[C@H]1CC(O)C2(OC2CC)[C@H](O)O1. The largest absolute Gasteiger partial charge is 0.488 e. The van der Waals surface area contributed by atoms with Crippen molar-refractivity contribution >= 4 is 23.3 Å². The first-order valence-electron chi connectivity index (χ1n) is 14.9. The van der Waals surface area contributed by atoms with Gasteiger partial charge in [0.25, 0.3) is 0 Å². The van der Waals surface area contributed by atoms with Crippen LogP contribution in [0.2, 0.25) is 0 Å². The molecule has 1 aromatic heterocycles. The third kappa shape index (κ3) is 5.73. The number of benzene rings is 2. The van der Waals surface area contributed by atoms with Crippen molar-refractivity contribution < 1.29 is 33.6 Å². The summed E-state index contributed by atoms with van der Waals surface area (Å²) in [6.07, 6.45) is 7.19. The lowest BCUT2D eigenvalue weighted by molar-refractivity contribution is -0.236. The number of epoxide rings is 1. The summed E-state index contributed by atoms with van der Waals surface area (Å²) in [7, 11) is 0. The van der Waals surface area contributed by atoms with Gasteiger partial charge in [-0.25, -0.2) is 0 Å². The number of furan rings is 1. The van der Waals surface area contributed by atoms with Crippen LogP contribution in [-0.2, 0) is 15.9 Å². The number of fused-ring (bicyclic) bond motifs is 1. The summed E-state index contributed by atoms with van der Waals surface area (Å²) in [6, 6.07) is 12.1. The van der Waals surface area contributed by atoms with E-state index >= 15 is 0 Å². The summed E-state index contributed by atoms with van der Waals surface area (Å²) in [4.78, 5) is 12.5. The van der Waals surface area contributed by atoms with Gasteiger partial charge < -0.3 is 28.8 Å². The Labute approximate surface area is 242 Å². The molecule has 0 saturated carbocycles. The number of hydrogen-bond donors (Lipinski definition) is 2. The van der Waals surface area contributed by atoms with E-state index < -0.39 is 24.1 Å². The Morgan fingerprint density at radius 1 is 1.17 bits per heavy atom. The molecule has 2 aromatic carbocycles. The highest BCUT2D eigenvalue weighted by Crippen LogP contribution is 2.51. The second-order valence-electron chi connectivity index (χ2n) is 11.7. The average Bonchev–Trinajstić information content (AvgIpc) is 3.57. The molecule has 7 heteroatoms. The summed E-state index contributed by atoms with van der Waals surface area (Å²) in [5, 5.41) is 22.8. The van der Waals surface area contributed by atoms with Gasteiger partial charge in [-0.2, -0.15) is 0 Å². The molecule has 2 N–H and O–H groups in total. The molecule has 2 fully saturated rings. The highest BCUT2D eigenvalue weighted by atomic mass is 16.7. The van der Waals surface area contributed by atoms with Crippen LogP contribution >= 0.6 is 0 Å². The van der Waals surface area contributed by atoms with Gasteiger partial charge in [-0.1, -0.05) is 70.5 Å². The molecule has 2 aliphatic heterocycles. The lowest BCUT2D eigenvalue weighted by Gasteiger charge is -2.39. The van der Waals surface area contributed by atoms with Crippen molar-refractivity contribution in [1.29, 1.82) is 0 Å². The Morgan fingerprint density at radius 2 is 1.95 bits per heavy atom. The Morgan fingerprint density at radius 3 is 2.59 bits per heavy atom. The molecule has 0 amide bonds. The van der Waals surface area contributed by atoms with Crippen LogP contribution in [-0.4, -0.2) is 53.3 Å². The minimum absolute atomic E-state index is 0.145. The fraction of sp³-hybridized carbons (Fsp3) is 0.500. The van der Waals surface area contributed by atoms with E-state index in [0.717, 1.165) is 47.6 Å². The van der Waals surface area contributed by atoms with Gasteiger partial charge in [0.15, 0.2) is 18.2 Å². The molecule has 4 unspecified atom stereocenters. The molecule has 41 heavy (non-hydrogen) atoms. The van der Waals surface area contributed by atoms with Crippen LogP contribution in [0.4, 0.5) is 0 Å². The quantitative estimate of drug-likeness (QED) is 0.194. The topological polar surface area (TPSA) is 102 Å². The average molecular weight is 563 g/mol. The fourth-order valence-electron chi connectivity index (χ4n) is 6.42. The monoisotopic (exact) mass is 562 g/mol. The molecular formula is C34H42O7. The zero-order valence-corrected chi connectivity index (χ0v) is 24.4. The molecule has 5 rings (SSSR count). The van der Waals surface area contributed by atoms with Crippen molar-refractivity contribution in [2.75, 3.05) is 6.61 Å². The maximum atomic E-state index is 12.5. The van der Waals surface area contributed by atoms with Crippen molar-refractivity contribution in [3.63, 3.8) is 0 Å². The first kappa shape index (κ1) is 29.5. The zero-order valence-electron chi connectivity index (χ0n) is 24.4. The number of ether oxygens (including phenoxy) is 3. The van der Waals surface area contributed by atoms with Gasteiger partial charge in [0.2, 0.25) is 0 Å². The highest BCUT2D eigenvalue weighted by molar-refractivity contribution is 6.00. The predicted molar refractivity (Wildman–Crippen MR) is 158 cm³/mol. The number of hydrogen-bond acceptors (Lipinski definition) is 7. The molecule has 6 atom stereocenters. The molecule has 0 aliphatic carbocycles. The van der Waals surface area contributed by atoms with E-state index in [9.17, 15) is 15.0 Å². The number of carbonyl (C=O) groups excluding carboxylic acids is 1. The summed E-state index contributed by atoms with van der Waals surface area (Å²) < 4.78 is 24.2. The van der Waals surface area contributed by atoms with Crippen LogP contribution in [0.25, 0.3) is 17.0 Å². The van der Waals surface area contributed by atoms with Crippen molar-refractivity contribution in [3.8, 4) is 5.75 Å². The maximum Gasteiger partial charge on any atom is 0.189 e. The van der Waals surface area contributed by atoms with Crippen LogP contribution in [0.3, 0.4) is 0 Å². The standard InChI is InChI=1S/C34H42O7/c1-5-11-24(28-18-29(36)34(33(37)40-28)30(6-2)41-34)27-20-39-32-25(27)17-23(16-21(3)4)31(26(32)19-35)38-15-10-14-22-12-8-7-9-13-22/h7-10,12-14,17,19-21,24,28-30,33,36-37H,5-6,11,15-16,18H2,1-4H3/b14-10+/t24?,28-,29?,30?,33-,34?/m1/s1. The van der Waals surface area contributed by atoms with E-state index in [0.29, 0.717) is 42.3 Å². The molecule has 0 radical (unpaired) electrons. The van der Waals surface area contributed by atoms with E-state index in [1.54, 1.807) is 6.26 Å². The minimum Gasteiger partial charge on any atom is -0.488 e. The molecular weight excluding hydrogens is 520 g/mol. The van der Waals surface area contributed by atoms with E-state index in [1.807, 2.05) is 49.4 Å². The van der Waals surface area contributed by atoms with Crippen molar-refractivity contribution in [2.45, 2.75) is 95.9 Å². The normalized spacial score (nSPS) is 26.7. The third-order valence-electron chi connectivity index (χ3n) is 8.42. The summed E-state index contributed by atoms with van der Waals surface area (Å²) >= 11 is 0. The zero-order chi connectivity index (χ0) is 29.1. The third-order valence-corrected chi connectivity index (χ3v) is 8.42. The second kappa shape index (κ2) is 12.5. The van der Waals surface area contributed by atoms with Gasteiger partial charge in [0.1, 0.15) is 17.9 Å². The lowest BCUT2D eigenvalue weighted by Crippen LogP contribution is -2.53. The second-order valence-corrected chi connectivity index (χ2v) is 11.7. The Kier molecular flexibility index (Phi) is 9.00. The first-order chi connectivity index (χ1) is 19.8. The van der Waals surface area contributed by atoms with Gasteiger partial charge in [-0.05, 0) is 48.4 Å². The van der Waals surface area contributed by atoms with Gasteiger partial charge in [0, 0.05) is 23.3 Å². The van der Waals surface area contributed by atoms with Gasteiger partial charge in [-0.15, -0.1) is 0 Å². The predicted octanol–water partition coefficient (Wildman–Crippen LogP) is 6.44. The van der Waals surface area contributed by atoms with Gasteiger partial charge >= 0.3 is 0 Å². The molecule has 2 saturated heterocycles. The van der Waals surface area contributed by atoms with E-state index in [4.69, 9.17) is 18.6 Å². The number of rotatable bonds is 12. The number of aliphatic hydroxyl groups excluding tert-OH is 2. The Bertz CT molecular complexity index is 1350. The fourth-order valence-corrected chi connectivity index (χ4v) is 6.42. The molecule has 3 heterocycles. The summed E-state index contributed by atoms with van der Waals surface area (Å²) in [6.45, 7) is 8.65. The lowest BCUT2D eigenvalue weighted by atomic mass is 9.80. The number of carbonyl (C=O) groups is 1. The first-order valence-corrected chi connectivity index (χ1v) is 14.9. The molecule has 220 valence electrons. The minimum atomic E-state index is -1.20. The van der Waals surface area contributed by atoms with Crippen molar-refractivity contribution in [3.05, 3.63) is 71.0 Å². The van der Waals surface area contributed by atoms with Crippen LogP contribution < -0.4 is 4.74 Å². The number of aliphatic hydroxyl groups is 2. The Balaban J connectivity index is 1.47. The van der Waals surface area contributed by atoms with Crippen LogP contribution in [0.1, 0.15) is 86.3 Å². The van der Waals surface area contributed by atoms with Crippen LogP contribution in [0.15, 0.2) is 53.2 Å². The van der Waals surface area contributed by atoms with E-state index in [1.165, 1.54) is 0 Å². The molecule has 0 bridgehead atoms. The van der Waals surface area contributed by atoms with Crippen molar-refractivity contribution in [2.24, 2.45) is 5.92 Å². The summed E-state index contributed by atoms with van der Waals surface area (Å²) in [5.41, 5.74) is 2.78. The highest BCUT2D eigenvalue weighted by Gasteiger charge is 2.68. The number of aldehydes is 1. The summed E-state index contributed by atoms with van der Waals surface area (Å²) in [5.74, 6) is 0.739. The van der Waals surface area contributed by atoms with E-state index in [-0.39, 0.29) is 12.0 Å². The van der Waals surface area contributed by atoms with Crippen molar-refractivity contribution in [1.82, 2.24) is 0 Å². The van der Waals surface area contributed by atoms with Crippen LogP contribution in [0, 0.1) is 5.92 Å². The van der Waals surface area contributed by atoms with E-state index in [2.05, 4.69) is 26.8 Å². The van der Waals surface area contributed by atoms with Gasteiger partial charge in [-0.3, -0.25) is 4.79 Å². The molecule has 2 aliphatic rings. The van der Waals surface area contributed by atoms with Crippen LogP contribution in [0.5, 0.6) is 5.75 Å². The molecule has 3 aromatic rings. The van der Waals surface area contributed by atoms with Gasteiger partial charge in [0.05, 0.1) is 30.1 Å². The smallest absolute Gasteiger partial charge is 0.189 e. The molecule has 7 nitrogen and oxygen atoms in total.